The third-order valence-corrected chi connectivity index (χ3v) is 6.64. The molecule has 0 saturated carbocycles. The van der Waals surface area contributed by atoms with Gasteiger partial charge in [-0.2, -0.15) is 0 Å². The predicted octanol–water partition coefficient (Wildman–Crippen LogP) is 3.86. The molecule has 3 aromatic rings. The monoisotopic (exact) mass is 380 g/mol. The summed E-state index contributed by atoms with van der Waals surface area (Å²) in [7, 11) is -1.40. The molecule has 0 fully saturated rings. The molecule has 2 aromatic carbocycles. The van der Waals surface area contributed by atoms with Gasteiger partial charge >= 0.3 is 0 Å². The van der Waals surface area contributed by atoms with Gasteiger partial charge in [0.25, 0.3) is 0 Å². The molecule has 1 heterocycles. The minimum Gasteiger partial charge on any atom is -0.299 e. The number of aromatic nitrogens is 1. The van der Waals surface area contributed by atoms with Crippen molar-refractivity contribution in [3.63, 3.8) is 0 Å². The van der Waals surface area contributed by atoms with Crippen LogP contribution < -0.4 is 0 Å². The lowest BCUT2D eigenvalue weighted by Gasteiger charge is -2.15. The number of benzene rings is 2. The van der Waals surface area contributed by atoms with Crippen molar-refractivity contribution in [2.24, 2.45) is 0 Å². The molecule has 0 bridgehead atoms. The summed E-state index contributed by atoms with van der Waals surface area (Å²) in [6.45, 7) is 1.08. The first-order chi connectivity index (χ1) is 11.4. The highest BCUT2D eigenvalue weighted by molar-refractivity contribution is 7.91. The van der Waals surface area contributed by atoms with E-state index < -0.39 is 9.84 Å². The van der Waals surface area contributed by atoms with Crippen LogP contribution in [0, 0.1) is 0 Å². The summed E-state index contributed by atoms with van der Waals surface area (Å²) in [5.74, 6) is 0.0655. The van der Waals surface area contributed by atoms with Gasteiger partial charge in [0.15, 0.2) is 9.84 Å². The Bertz CT molecular complexity index is 904. The average molecular weight is 381 g/mol. The zero-order valence-electron chi connectivity index (χ0n) is 13.1. The van der Waals surface area contributed by atoms with Crippen LogP contribution in [0.15, 0.2) is 53.4 Å². The van der Waals surface area contributed by atoms with E-state index in [1.165, 1.54) is 0 Å². The van der Waals surface area contributed by atoms with E-state index in [0.29, 0.717) is 23.0 Å². The molecule has 3 rings (SSSR count). The van der Waals surface area contributed by atoms with Crippen LogP contribution in [0.3, 0.4) is 0 Å². The van der Waals surface area contributed by atoms with Crippen LogP contribution in [-0.2, 0) is 16.4 Å². The first-order valence-electron chi connectivity index (χ1n) is 7.45. The Labute approximate surface area is 150 Å². The van der Waals surface area contributed by atoms with Gasteiger partial charge in [-0.1, -0.05) is 23.7 Å². The van der Waals surface area contributed by atoms with Crippen LogP contribution in [0.25, 0.3) is 10.2 Å². The number of halogens is 1. The predicted molar refractivity (Wildman–Crippen MR) is 99.5 cm³/mol. The number of hydrogen-bond acceptors (Lipinski definition) is 5. The SMILES string of the molecule is CN(CCS(=O)(=O)c1ccc(Cl)cc1)Cc1nc2ccccc2s1. The van der Waals surface area contributed by atoms with Gasteiger partial charge in [-0.15, -0.1) is 11.3 Å². The normalized spacial score (nSPS) is 12.1. The Morgan fingerprint density at radius 1 is 1.12 bits per heavy atom. The van der Waals surface area contributed by atoms with Crippen LogP contribution in [0.1, 0.15) is 5.01 Å². The number of hydrogen-bond donors (Lipinski definition) is 0. The van der Waals surface area contributed by atoms with Gasteiger partial charge in [0, 0.05) is 11.6 Å². The Kier molecular flexibility index (Phi) is 5.20. The lowest BCUT2D eigenvalue weighted by atomic mass is 10.3. The highest BCUT2D eigenvalue weighted by Gasteiger charge is 2.16. The molecular weight excluding hydrogens is 364 g/mol. The van der Waals surface area contributed by atoms with Gasteiger partial charge in [0.2, 0.25) is 0 Å². The third-order valence-electron chi connectivity index (χ3n) is 3.66. The molecule has 0 saturated heterocycles. The van der Waals surface area contributed by atoms with Gasteiger partial charge in [0.05, 0.1) is 27.4 Å². The number of thiazole rings is 1. The zero-order valence-corrected chi connectivity index (χ0v) is 15.5. The van der Waals surface area contributed by atoms with Crippen molar-refractivity contribution in [1.29, 1.82) is 0 Å². The number of nitrogens with zero attached hydrogens (tertiary/aromatic N) is 2. The molecule has 126 valence electrons. The van der Waals surface area contributed by atoms with Gasteiger partial charge in [-0.25, -0.2) is 13.4 Å². The Balaban J connectivity index is 1.62. The summed E-state index contributed by atoms with van der Waals surface area (Å²) < 4.78 is 25.9. The van der Waals surface area contributed by atoms with Gasteiger partial charge < -0.3 is 0 Å². The second kappa shape index (κ2) is 7.19. The molecule has 0 N–H and O–H groups in total. The van der Waals surface area contributed by atoms with E-state index in [9.17, 15) is 8.42 Å². The van der Waals surface area contributed by atoms with Crippen LogP contribution in [0.2, 0.25) is 5.02 Å². The van der Waals surface area contributed by atoms with Crippen molar-refractivity contribution < 1.29 is 8.42 Å². The summed E-state index contributed by atoms with van der Waals surface area (Å²) in [6, 6.07) is 14.3. The van der Waals surface area contributed by atoms with E-state index in [-0.39, 0.29) is 5.75 Å². The van der Waals surface area contributed by atoms with Gasteiger partial charge in [0.1, 0.15) is 5.01 Å². The highest BCUT2D eigenvalue weighted by atomic mass is 35.5. The highest BCUT2D eigenvalue weighted by Crippen LogP contribution is 2.22. The summed E-state index contributed by atoms with van der Waals surface area (Å²) in [4.78, 5) is 6.86. The molecule has 0 aliphatic carbocycles. The summed E-state index contributed by atoms with van der Waals surface area (Å²) in [5.41, 5.74) is 0.986. The number of fused-ring (bicyclic) bond motifs is 1. The standard InChI is InChI=1S/C17H17ClN2O2S2/c1-20(12-17-19-15-4-2-3-5-16(15)23-17)10-11-24(21,22)14-8-6-13(18)7-9-14/h2-9H,10-12H2,1H3. The van der Waals surface area contributed by atoms with Crippen molar-refractivity contribution in [3.8, 4) is 0 Å². The smallest absolute Gasteiger partial charge is 0.179 e. The lowest BCUT2D eigenvalue weighted by molar-refractivity contribution is 0.345. The van der Waals surface area contributed by atoms with Crippen molar-refractivity contribution >= 4 is 43.0 Å². The summed E-state index contributed by atoms with van der Waals surface area (Å²) >= 11 is 7.44. The van der Waals surface area contributed by atoms with Crippen molar-refractivity contribution in [3.05, 3.63) is 58.6 Å². The summed E-state index contributed by atoms with van der Waals surface area (Å²) in [5, 5.41) is 1.52. The minimum atomic E-state index is -3.31. The van der Waals surface area contributed by atoms with E-state index in [1.807, 2.05) is 36.2 Å². The molecule has 0 unspecified atom stereocenters. The largest absolute Gasteiger partial charge is 0.299 e. The molecule has 7 heteroatoms. The fraction of sp³-hybridized carbons (Fsp3) is 0.235. The van der Waals surface area contributed by atoms with Gasteiger partial charge in [-0.3, -0.25) is 4.90 Å². The maximum atomic E-state index is 12.4. The van der Waals surface area contributed by atoms with E-state index in [0.717, 1.165) is 15.2 Å². The molecule has 0 radical (unpaired) electrons. The average Bonchev–Trinajstić information content (AvgIpc) is 2.95. The lowest BCUT2D eigenvalue weighted by Crippen LogP contribution is -2.25. The molecule has 0 aliphatic heterocycles. The fourth-order valence-electron chi connectivity index (χ4n) is 2.33. The van der Waals surface area contributed by atoms with Crippen molar-refractivity contribution in [1.82, 2.24) is 9.88 Å². The summed E-state index contributed by atoms with van der Waals surface area (Å²) in [6.07, 6.45) is 0. The molecule has 0 amide bonds. The first-order valence-corrected chi connectivity index (χ1v) is 10.3. The molecule has 0 aliphatic rings. The molecule has 1 aromatic heterocycles. The minimum absolute atomic E-state index is 0.0655. The fourth-order valence-corrected chi connectivity index (χ4v) is 4.85. The maximum absolute atomic E-state index is 12.4. The Hall–Kier alpha value is -1.47. The van der Waals surface area contributed by atoms with Crippen LogP contribution in [0.5, 0.6) is 0 Å². The van der Waals surface area contributed by atoms with E-state index in [4.69, 9.17) is 11.6 Å². The molecule has 0 spiro atoms. The second-order valence-corrected chi connectivity index (χ2v) is 9.25. The Morgan fingerprint density at radius 3 is 2.54 bits per heavy atom. The second-order valence-electron chi connectivity index (χ2n) is 5.59. The van der Waals surface area contributed by atoms with Crippen LogP contribution in [-0.4, -0.2) is 37.6 Å². The first kappa shape index (κ1) is 17.4. The van der Waals surface area contributed by atoms with Crippen LogP contribution in [0.4, 0.5) is 0 Å². The van der Waals surface area contributed by atoms with E-state index in [1.54, 1.807) is 35.6 Å². The van der Waals surface area contributed by atoms with Crippen molar-refractivity contribution in [2.75, 3.05) is 19.3 Å². The quantitative estimate of drug-likeness (QED) is 0.651. The molecular formula is C17H17ClN2O2S2. The van der Waals surface area contributed by atoms with E-state index >= 15 is 0 Å². The molecule has 4 nitrogen and oxygen atoms in total. The van der Waals surface area contributed by atoms with Crippen molar-refractivity contribution in [2.45, 2.75) is 11.4 Å². The topological polar surface area (TPSA) is 50.3 Å². The number of sulfone groups is 1. The maximum Gasteiger partial charge on any atom is 0.179 e. The third kappa shape index (κ3) is 4.13. The molecule has 24 heavy (non-hydrogen) atoms. The Morgan fingerprint density at radius 2 is 1.83 bits per heavy atom. The van der Waals surface area contributed by atoms with E-state index in [2.05, 4.69) is 4.98 Å². The van der Waals surface area contributed by atoms with Crippen LogP contribution >= 0.6 is 22.9 Å². The zero-order chi connectivity index (χ0) is 17.2. The van der Waals surface area contributed by atoms with Gasteiger partial charge in [-0.05, 0) is 43.4 Å². The molecule has 0 atom stereocenters. The number of para-hydroxylation sites is 1. The number of rotatable bonds is 6.